The lowest BCUT2D eigenvalue weighted by atomic mass is 10.1. The molecule has 0 aliphatic rings. The molecule has 4 rings (SSSR count). The quantitative estimate of drug-likeness (QED) is 0.396. The lowest BCUT2D eigenvalue weighted by molar-refractivity contribution is -0.384. The molecule has 0 bridgehead atoms. The molecular weight excluding hydrogens is 384 g/mol. The fraction of sp³-hybridized carbons (Fsp3) is 0. The summed E-state index contributed by atoms with van der Waals surface area (Å²) in [6.07, 6.45) is 1.62. The van der Waals surface area contributed by atoms with Crippen molar-refractivity contribution >= 4 is 40.1 Å². The first-order valence-electron chi connectivity index (χ1n) is 8.08. The minimum atomic E-state index is -0.638. The number of carbonyl (C=O) groups is 1. The van der Waals surface area contributed by atoms with Crippen LogP contribution in [0.5, 0.6) is 0 Å². The number of halogens is 1. The lowest BCUT2D eigenvalue weighted by Gasteiger charge is -2.07. The number of pyridine rings is 1. The van der Waals surface area contributed by atoms with E-state index in [9.17, 15) is 14.9 Å². The maximum atomic E-state index is 12.5. The van der Waals surface area contributed by atoms with Gasteiger partial charge in [-0.2, -0.15) is 4.98 Å². The zero-order chi connectivity index (χ0) is 19.7. The van der Waals surface area contributed by atoms with Crippen LogP contribution in [0.25, 0.3) is 22.7 Å². The SMILES string of the molecule is O=C(Nc1cccc(-c2nc3ncccc3o2)c1)c1ccc(Cl)c([N+](=O)[O-])c1. The van der Waals surface area contributed by atoms with Crippen LogP contribution in [0.4, 0.5) is 11.4 Å². The van der Waals surface area contributed by atoms with E-state index in [1.807, 2.05) is 0 Å². The summed E-state index contributed by atoms with van der Waals surface area (Å²) >= 11 is 5.78. The zero-order valence-corrected chi connectivity index (χ0v) is 14.9. The van der Waals surface area contributed by atoms with Crippen molar-refractivity contribution in [3.05, 3.63) is 81.5 Å². The molecule has 2 aromatic heterocycles. The summed E-state index contributed by atoms with van der Waals surface area (Å²) in [5, 5.41) is 13.7. The molecule has 2 aromatic carbocycles. The molecule has 0 saturated heterocycles. The summed E-state index contributed by atoms with van der Waals surface area (Å²) in [6, 6.07) is 14.3. The van der Waals surface area contributed by atoms with Gasteiger partial charge in [0, 0.05) is 29.1 Å². The van der Waals surface area contributed by atoms with Crippen LogP contribution in [0.3, 0.4) is 0 Å². The number of nitro benzene ring substituents is 1. The summed E-state index contributed by atoms with van der Waals surface area (Å²) in [5.74, 6) is -0.136. The Morgan fingerprint density at radius 2 is 2.00 bits per heavy atom. The van der Waals surface area contributed by atoms with E-state index in [0.29, 0.717) is 28.4 Å². The smallest absolute Gasteiger partial charge is 0.288 e. The van der Waals surface area contributed by atoms with Gasteiger partial charge in [0.2, 0.25) is 5.89 Å². The average molecular weight is 395 g/mol. The van der Waals surface area contributed by atoms with Gasteiger partial charge in [0.25, 0.3) is 11.6 Å². The van der Waals surface area contributed by atoms with Gasteiger partial charge in [0.05, 0.1) is 4.92 Å². The number of aromatic nitrogens is 2. The Hall–Kier alpha value is -3.78. The molecule has 0 aliphatic carbocycles. The molecule has 4 aromatic rings. The van der Waals surface area contributed by atoms with E-state index in [-0.39, 0.29) is 16.3 Å². The third kappa shape index (κ3) is 3.40. The normalized spacial score (nSPS) is 10.8. The topological polar surface area (TPSA) is 111 Å². The fourth-order valence-electron chi connectivity index (χ4n) is 2.62. The number of anilines is 1. The van der Waals surface area contributed by atoms with Gasteiger partial charge in [0.15, 0.2) is 11.2 Å². The lowest BCUT2D eigenvalue weighted by Crippen LogP contribution is -2.12. The highest BCUT2D eigenvalue weighted by atomic mass is 35.5. The van der Waals surface area contributed by atoms with Crippen LogP contribution in [0.2, 0.25) is 5.02 Å². The number of oxazole rings is 1. The summed E-state index contributed by atoms with van der Waals surface area (Å²) in [6.45, 7) is 0. The Labute approximate surface area is 162 Å². The molecular formula is C19H11ClN4O4. The van der Waals surface area contributed by atoms with Crippen LogP contribution in [0.15, 0.2) is 65.2 Å². The third-order valence-electron chi connectivity index (χ3n) is 3.94. The molecule has 28 heavy (non-hydrogen) atoms. The van der Waals surface area contributed by atoms with E-state index >= 15 is 0 Å². The highest BCUT2D eigenvalue weighted by Gasteiger charge is 2.17. The largest absolute Gasteiger partial charge is 0.434 e. The first-order chi connectivity index (χ1) is 13.5. The highest BCUT2D eigenvalue weighted by molar-refractivity contribution is 6.32. The number of nitrogens with one attached hydrogen (secondary N) is 1. The van der Waals surface area contributed by atoms with Gasteiger partial charge >= 0.3 is 0 Å². The molecule has 0 unspecified atom stereocenters. The predicted octanol–water partition coefficient (Wildman–Crippen LogP) is 4.70. The number of nitro groups is 1. The van der Waals surface area contributed by atoms with Crippen molar-refractivity contribution in [1.29, 1.82) is 0 Å². The third-order valence-corrected chi connectivity index (χ3v) is 4.26. The molecule has 1 N–H and O–H groups in total. The second kappa shape index (κ2) is 7.09. The molecule has 0 aliphatic heterocycles. The zero-order valence-electron chi connectivity index (χ0n) is 14.1. The van der Waals surface area contributed by atoms with Crippen LogP contribution in [-0.4, -0.2) is 20.8 Å². The van der Waals surface area contributed by atoms with Gasteiger partial charge < -0.3 is 9.73 Å². The van der Waals surface area contributed by atoms with E-state index in [4.69, 9.17) is 16.0 Å². The Morgan fingerprint density at radius 3 is 2.79 bits per heavy atom. The second-order valence-corrected chi connectivity index (χ2v) is 6.21. The van der Waals surface area contributed by atoms with E-state index in [1.165, 1.54) is 12.1 Å². The fourth-order valence-corrected chi connectivity index (χ4v) is 2.81. The van der Waals surface area contributed by atoms with Crippen molar-refractivity contribution in [1.82, 2.24) is 9.97 Å². The minimum Gasteiger partial charge on any atom is -0.434 e. The van der Waals surface area contributed by atoms with Gasteiger partial charge in [0.1, 0.15) is 5.02 Å². The Balaban J connectivity index is 1.60. The molecule has 138 valence electrons. The summed E-state index contributed by atoms with van der Waals surface area (Å²) in [5.41, 5.74) is 1.96. The van der Waals surface area contributed by atoms with Crippen molar-refractivity contribution < 1.29 is 14.1 Å². The Morgan fingerprint density at radius 1 is 1.14 bits per heavy atom. The van der Waals surface area contributed by atoms with Gasteiger partial charge in [-0.05, 0) is 42.5 Å². The highest BCUT2D eigenvalue weighted by Crippen LogP contribution is 2.27. The summed E-state index contributed by atoms with van der Waals surface area (Å²) in [7, 11) is 0. The number of fused-ring (bicyclic) bond motifs is 1. The van der Waals surface area contributed by atoms with Gasteiger partial charge in [-0.25, -0.2) is 4.98 Å². The first kappa shape index (κ1) is 17.6. The number of nitrogens with zero attached hydrogens (tertiary/aromatic N) is 3. The molecule has 8 nitrogen and oxygen atoms in total. The van der Waals surface area contributed by atoms with Crippen molar-refractivity contribution in [2.45, 2.75) is 0 Å². The number of carbonyl (C=O) groups excluding carboxylic acids is 1. The van der Waals surface area contributed by atoms with Crippen molar-refractivity contribution in [3.63, 3.8) is 0 Å². The van der Waals surface area contributed by atoms with E-state index < -0.39 is 10.8 Å². The Bertz CT molecular complexity index is 1190. The maximum absolute atomic E-state index is 12.5. The van der Waals surface area contributed by atoms with Crippen molar-refractivity contribution in [3.8, 4) is 11.5 Å². The first-order valence-corrected chi connectivity index (χ1v) is 8.46. The van der Waals surface area contributed by atoms with E-state index in [2.05, 4.69) is 15.3 Å². The second-order valence-electron chi connectivity index (χ2n) is 5.80. The monoisotopic (exact) mass is 394 g/mol. The molecule has 0 radical (unpaired) electrons. The molecule has 9 heteroatoms. The Kier molecular flexibility index (Phi) is 4.46. The van der Waals surface area contributed by atoms with Crippen LogP contribution in [0, 0.1) is 10.1 Å². The van der Waals surface area contributed by atoms with Gasteiger partial charge in [-0.1, -0.05) is 17.7 Å². The van der Waals surface area contributed by atoms with Gasteiger partial charge in [-0.3, -0.25) is 14.9 Å². The molecule has 0 spiro atoms. The number of benzene rings is 2. The van der Waals surface area contributed by atoms with E-state index in [0.717, 1.165) is 6.07 Å². The van der Waals surface area contributed by atoms with Crippen LogP contribution >= 0.6 is 11.6 Å². The molecule has 0 fully saturated rings. The van der Waals surface area contributed by atoms with Crippen molar-refractivity contribution in [2.75, 3.05) is 5.32 Å². The van der Waals surface area contributed by atoms with Crippen LogP contribution < -0.4 is 5.32 Å². The average Bonchev–Trinajstić information content (AvgIpc) is 3.12. The van der Waals surface area contributed by atoms with Crippen LogP contribution in [0.1, 0.15) is 10.4 Å². The van der Waals surface area contributed by atoms with Crippen molar-refractivity contribution in [2.24, 2.45) is 0 Å². The number of rotatable bonds is 4. The molecule has 1 amide bonds. The number of amides is 1. The predicted molar refractivity (Wildman–Crippen MR) is 103 cm³/mol. The molecule has 2 heterocycles. The molecule has 0 saturated carbocycles. The maximum Gasteiger partial charge on any atom is 0.288 e. The standard InChI is InChI=1S/C19H11ClN4O4/c20-14-7-6-11(10-15(14)24(26)27)18(25)22-13-4-1-3-12(9-13)19-23-17-16(28-19)5-2-8-21-17/h1-10H,(H,22,25). The number of hydrogen-bond acceptors (Lipinski definition) is 6. The summed E-state index contributed by atoms with van der Waals surface area (Å²) in [4.78, 5) is 31.3. The van der Waals surface area contributed by atoms with Crippen LogP contribution in [-0.2, 0) is 0 Å². The van der Waals surface area contributed by atoms with E-state index in [1.54, 1.807) is 42.6 Å². The minimum absolute atomic E-state index is 0.0342. The van der Waals surface area contributed by atoms with Gasteiger partial charge in [-0.15, -0.1) is 0 Å². The summed E-state index contributed by atoms with van der Waals surface area (Å²) < 4.78 is 5.68. The number of hydrogen-bond donors (Lipinski definition) is 1. The molecule has 0 atom stereocenters.